The van der Waals surface area contributed by atoms with Crippen molar-refractivity contribution >= 4 is 22.9 Å². The summed E-state index contributed by atoms with van der Waals surface area (Å²) in [6, 6.07) is 11.4. The number of thiophene rings is 1. The third kappa shape index (κ3) is 3.25. The van der Waals surface area contributed by atoms with Crippen molar-refractivity contribution in [2.24, 2.45) is 5.73 Å². The normalized spacial score (nSPS) is 14.2. The fourth-order valence-corrected chi connectivity index (χ4v) is 2.72. The van der Waals surface area contributed by atoms with Gasteiger partial charge >= 0.3 is 0 Å². The van der Waals surface area contributed by atoms with Gasteiger partial charge in [0.25, 0.3) is 0 Å². The van der Waals surface area contributed by atoms with Gasteiger partial charge in [-0.15, -0.1) is 11.3 Å². The third-order valence-electron chi connectivity index (χ3n) is 2.74. The zero-order chi connectivity index (χ0) is 13.0. The topological polar surface area (TPSA) is 35.2 Å². The van der Waals surface area contributed by atoms with E-state index in [2.05, 4.69) is 13.0 Å². The van der Waals surface area contributed by atoms with Crippen LogP contribution in [0.3, 0.4) is 0 Å². The quantitative estimate of drug-likeness (QED) is 0.889. The minimum Gasteiger partial charge on any atom is -0.483 e. The summed E-state index contributed by atoms with van der Waals surface area (Å²) >= 11 is 7.62. The second-order valence-corrected chi connectivity index (χ2v) is 5.50. The minimum absolute atomic E-state index is 0.0253. The summed E-state index contributed by atoms with van der Waals surface area (Å²) in [6.07, 6.45) is 0.747. The molecule has 2 rings (SSSR count). The molecular weight excluding hydrogens is 266 g/mol. The monoisotopic (exact) mass is 281 g/mol. The molecule has 0 radical (unpaired) electrons. The molecule has 1 aromatic heterocycles. The lowest BCUT2D eigenvalue weighted by atomic mass is 10.1. The van der Waals surface area contributed by atoms with Crippen molar-refractivity contribution in [3.63, 3.8) is 0 Å². The van der Waals surface area contributed by atoms with E-state index in [-0.39, 0.29) is 12.1 Å². The second-order valence-electron chi connectivity index (χ2n) is 4.08. The molecule has 2 aromatic rings. The number of hydrogen-bond donors (Lipinski definition) is 1. The third-order valence-corrected chi connectivity index (χ3v) is 3.91. The highest BCUT2D eigenvalue weighted by molar-refractivity contribution is 7.10. The summed E-state index contributed by atoms with van der Waals surface area (Å²) < 4.78 is 5.99. The van der Waals surface area contributed by atoms with E-state index in [9.17, 15) is 0 Å². The number of nitrogens with two attached hydrogens (primary N) is 1. The second kappa shape index (κ2) is 6.23. The van der Waals surface area contributed by atoms with Gasteiger partial charge in [-0.1, -0.05) is 30.7 Å². The Hall–Kier alpha value is -1.03. The first-order valence-corrected chi connectivity index (χ1v) is 7.17. The molecule has 0 aliphatic carbocycles. The Kier molecular flexibility index (Phi) is 4.64. The molecule has 0 spiro atoms. The molecular formula is C14H16ClNOS. The molecule has 0 fully saturated rings. The molecule has 2 unspecified atom stereocenters. The molecule has 4 heteroatoms. The van der Waals surface area contributed by atoms with E-state index in [1.807, 2.05) is 35.7 Å². The average molecular weight is 282 g/mol. The molecule has 2 atom stereocenters. The Labute approximate surface area is 116 Å². The number of halogens is 1. The molecule has 0 saturated carbocycles. The van der Waals surface area contributed by atoms with Crippen molar-refractivity contribution in [3.05, 3.63) is 51.7 Å². The van der Waals surface area contributed by atoms with Gasteiger partial charge in [0, 0.05) is 15.9 Å². The van der Waals surface area contributed by atoms with E-state index < -0.39 is 0 Å². The van der Waals surface area contributed by atoms with Crippen LogP contribution in [0, 0.1) is 0 Å². The lowest BCUT2D eigenvalue weighted by Gasteiger charge is -2.23. The van der Waals surface area contributed by atoms with Crippen LogP contribution in [0.1, 0.15) is 24.3 Å². The van der Waals surface area contributed by atoms with Crippen molar-refractivity contribution in [1.29, 1.82) is 0 Å². The summed E-state index contributed by atoms with van der Waals surface area (Å²) in [5.74, 6) is 0.754. The van der Waals surface area contributed by atoms with Crippen LogP contribution < -0.4 is 10.5 Å². The van der Waals surface area contributed by atoms with Gasteiger partial charge in [0.2, 0.25) is 0 Å². The fraction of sp³-hybridized carbons (Fsp3) is 0.286. The molecule has 0 aliphatic heterocycles. The first kappa shape index (κ1) is 13.4. The Morgan fingerprint density at radius 3 is 2.78 bits per heavy atom. The molecule has 0 aliphatic rings. The van der Waals surface area contributed by atoms with Crippen LogP contribution in [0.25, 0.3) is 0 Å². The van der Waals surface area contributed by atoms with Gasteiger partial charge < -0.3 is 10.5 Å². The predicted octanol–water partition coefficient (Wildman–Crippen LogP) is 4.26. The highest BCUT2D eigenvalue weighted by Gasteiger charge is 2.21. The van der Waals surface area contributed by atoms with E-state index >= 15 is 0 Å². The Morgan fingerprint density at radius 2 is 2.17 bits per heavy atom. The van der Waals surface area contributed by atoms with E-state index in [0.717, 1.165) is 17.0 Å². The SMILES string of the molecule is CCC(N)C(Oc1cccc(Cl)c1)c1cccs1. The van der Waals surface area contributed by atoms with Gasteiger partial charge in [-0.25, -0.2) is 0 Å². The number of rotatable bonds is 5. The maximum absolute atomic E-state index is 6.14. The van der Waals surface area contributed by atoms with E-state index in [0.29, 0.717) is 5.02 Å². The van der Waals surface area contributed by atoms with Crippen LogP contribution in [-0.2, 0) is 0 Å². The average Bonchev–Trinajstić information content (AvgIpc) is 2.89. The van der Waals surface area contributed by atoms with E-state index in [4.69, 9.17) is 22.1 Å². The summed E-state index contributed by atoms with van der Waals surface area (Å²) in [5.41, 5.74) is 6.14. The maximum atomic E-state index is 6.14. The summed E-state index contributed by atoms with van der Waals surface area (Å²) in [6.45, 7) is 2.06. The molecule has 0 saturated heterocycles. The summed E-state index contributed by atoms with van der Waals surface area (Å²) in [7, 11) is 0. The zero-order valence-corrected chi connectivity index (χ0v) is 11.7. The van der Waals surface area contributed by atoms with Crippen LogP contribution in [0.5, 0.6) is 5.75 Å². The van der Waals surface area contributed by atoms with Crippen molar-refractivity contribution in [2.75, 3.05) is 0 Å². The van der Waals surface area contributed by atoms with Gasteiger partial charge in [-0.3, -0.25) is 0 Å². The first-order chi connectivity index (χ1) is 8.70. The molecule has 0 amide bonds. The largest absolute Gasteiger partial charge is 0.483 e. The molecule has 96 valence electrons. The van der Waals surface area contributed by atoms with Gasteiger partial charge in [0.05, 0.1) is 0 Å². The van der Waals surface area contributed by atoms with Crippen LogP contribution in [0.15, 0.2) is 41.8 Å². The number of benzene rings is 1. The Balaban J connectivity index is 2.20. The predicted molar refractivity (Wildman–Crippen MR) is 77.4 cm³/mol. The van der Waals surface area contributed by atoms with Gasteiger partial charge in [0.1, 0.15) is 11.9 Å². The minimum atomic E-state index is -0.117. The molecule has 2 nitrogen and oxygen atoms in total. The van der Waals surface area contributed by atoms with E-state index in [1.165, 1.54) is 0 Å². The number of hydrogen-bond acceptors (Lipinski definition) is 3. The van der Waals surface area contributed by atoms with Crippen LogP contribution in [0.2, 0.25) is 5.02 Å². The zero-order valence-electron chi connectivity index (χ0n) is 10.2. The van der Waals surface area contributed by atoms with Gasteiger partial charge in [0.15, 0.2) is 0 Å². The van der Waals surface area contributed by atoms with Crippen molar-refractivity contribution in [1.82, 2.24) is 0 Å². The lowest BCUT2D eigenvalue weighted by molar-refractivity contribution is 0.174. The molecule has 0 bridgehead atoms. The molecule has 1 aromatic carbocycles. The first-order valence-electron chi connectivity index (χ1n) is 5.92. The highest BCUT2D eigenvalue weighted by Crippen LogP contribution is 2.29. The molecule has 1 heterocycles. The Morgan fingerprint density at radius 1 is 1.33 bits per heavy atom. The molecule has 2 N–H and O–H groups in total. The highest BCUT2D eigenvalue weighted by atomic mass is 35.5. The summed E-state index contributed by atoms with van der Waals surface area (Å²) in [5, 5.41) is 2.70. The smallest absolute Gasteiger partial charge is 0.148 e. The lowest BCUT2D eigenvalue weighted by Crippen LogP contribution is -2.30. The standard InChI is InChI=1S/C14H16ClNOS/c1-2-12(16)14(13-7-4-8-18-13)17-11-6-3-5-10(15)9-11/h3-9,12,14H,2,16H2,1H3. The molecule has 18 heavy (non-hydrogen) atoms. The van der Waals surface area contributed by atoms with Crippen molar-refractivity contribution < 1.29 is 4.74 Å². The van der Waals surface area contributed by atoms with Crippen molar-refractivity contribution in [3.8, 4) is 5.75 Å². The summed E-state index contributed by atoms with van der Waals surface area (Å²) in [4.78, 5) is 1.14. The maximum Gasteiger partial charge on any atom is 0.148 e. The fourth-order valence-electron chi connectivity index (χ4n) is 1.71. The van der Waals surface area contributed by atoms with Crippen LogP contribution in [0.4, 0.5) is 0 Å². The number of ether oxygens (including phenoxy) is 1. The van der Waals surface area contributed by atoms with Crippen LogP contribution >= 0.6 is 22.9 Å². The van der Waals surface area contributed by atoms with Gasteiger partial charge in [-0.2, -0.15) is 0 Å². The van der Waals surface area contributed by atoms with Crippen LogP contribution in [-0.4, -0.2) is 6.04 Å². The van der Waals surface area contributed by atoms with Crippen molar-refractivity contribution in [2.45, 2.75) is 25.5 Å². The van der Waals surface area contributed by atoms with E-state index in [1.54, 1.807) is 11.3 Å². The van der Waals surface area contributed by atoms with Gasteiger partial charge in [-0.05, 0) is 36.1 Å². The Bertz CT molecular complexity index is 486.